The number of alkyl halides is 3. The topological polar surface area (TPSA) is 124 Å². The van der Waals surface area contributed by atoms with Gasteiger partial charge in [-0.05, 0) is 52.0 Å². The molecule has 15 heteroatoms. The molecule has 8 rings (SSSR count). The molecule has 48 heavy (non-hydrogen) atoms. The molecular weight excluding hydrogens is 632 g/mol. The average Bonchev–Trinajstić information content (AvgIpc) is 3.50. The second-order valence-electron chi connectivity index (χ2n) is 14.1. The summed E-state index contributed by atoms with van der Waals surface area (Å²) in [5.74, 6) is -0.879. The molecule has 0 amide bonds. The number of hydrogen-bond donors (Lipinski definition) is 2. The van der Waals surface area contributed by atoms with E-state index in [4.69, 9.17) is 24.9 Å². The van der Waals surface area contributed by atoms with Gasteiger partial charge in [0, 0.05) is 55.8 Å². The van der Waals surface area contributed by atoms with Crippen LogP contribution < -0.4 is 25.4 Å². The number of nitrogens with zero attached hydrogens (tertiary/aromatic N) is 6. The van der Waals surface area contributed by atoms with Crippen molar-refractivity contribution in [3.05, 3.63) is 23.1 Å². The monoisotopic (exact) mass is 672 g/mol. The highest BCUT2D eigenvalue weighted by molar-refractivity contribution is 5.97. The zero-order valence-corrected chi connectivity index (χ0v) is 27.2. The van der Waals surface area contributed by atoms with Crippen molar-refractivity contribution in [2.24, 2.45) is 5.41 Å². The molecule has 0 bridgehead atoms. The standard InChI is InChI=1S/C33H40F4N8O3/c1-4-18-13-45-21(12-39-18)17(3)48-30-24-28(26(34)27(41-30)19-11-23(38)40-16(2)25(19)33(35,36)37)42-31(43-29(24)45)47-15-32(7-8-32)14-44-9-5-22-20(44)6-10-46-22/h11,17-18,20-22,39H,4-10,12-15H2,1-3H3,(H2,38,40)/t17-,18+,20+,21-,22+/m0/s1. The number of rotatable bonds is 7. The van der Waals surface area contributed by atoms with E-state index in [0.29, 0.717) is 37.7 Å². The fourth-order valence-electron chi connectivity index (χ4n) is 8.07. The summed E-state index contributed by atoms with van der Waals surface area (Å²) in [7, 11) is 0. The fraction of sp³-hybridized carbons (Fsp3) is 0.636. The number of nitrogens with one attached hydrogen (secondary N) is 1. The number of halogens is 4. The van der Waals surface area contributed by atoms with Gasteiger partial charge in [-0.2, -0.15) is 23.1 Å². The van der Waals surface area contributed by atoms with Gasteiger partial charge < -0.3 is 30.2 Å². The molecule has 0 unspecified atom stereocenters. The lowest BCUT2D eigenvalue weighted by Crippen LogP contribution is -2.60. The first-order valence-corrected chi connectivity index (χ1v) is 16.9. The van der Waals surface area contributed by atoms with Crippen molar-refractivity contribution in [2.75, 3.05) is 50.0 Å². The molecule has 0 aromatic carbocycles. The number of nitrogens with two attached hydrogens (primary N) is 1. The second kappa shape index (κ2) is 11.5. The summed E-state index contributed by atoms with van der Waals surface area (Å²) < 4.78 is 78.6. The molecule has 4 fully saturated rings. The normalized spacial score (nSPS) is 27.8. The second-order valence-corrected chi connectivity index (χ2v) is 14.1. The first kappa shape index (κ1) is 31.7. The van der Waals surface area contributed by atoms with E-state index < -0.39 is 34.9 Å². The summed E-state index contributed by atoms with van der Waals surface area (Å²) in [5.41, 5.74) is 2.99. The van der Waals surface area contributed by atoms with Gasteiger partial charge in [-0.3, -0.25) is 4.90 Å². The van der Waals surface area contributed by atoms with Gasteiger partial charge in [0.25, 0.3) is 0 Å². The number of anilines is 2. The van der Waals surface area contributed by atoms with Crippen LogP contribution in [0.3, 0.4) is 0 Å². The number of pyridine rings is 2. The average molecular weight is 673 g/mol. The van der Waals surface area contributed by atoms with Crippen LogP contribution in [-0.4, -0.2) is 94.6 Å². The third-order valence-electron chi connectivity index (χ3n) is 10.9. The Morgan fingerprint density at radius 1 is 1.15 bits per heavy atom. The summed E-state index contributed by atoms with van der Waals surface area (Å²) in [6.45, 7) is 9.24. The number of likely N-dealkylation sites (tertiary alicyclic amines) is 1. The lowest BCUT2D eigenvalue weighted by molar-refractivity contribution is -0.137. The summed E-state index contributed by atoms with van der Waals surface area (Å²) in [5, 5.41) is 3.74. The molecule has 3 N–H and O–H groups in total. The lowest BCUT2D eigenvalue weighted by atomic mass is 10.0. The molecule has 3 aromatic rings. The molecule has 7 heterocycles. The minimum absolute atomic E-state index is 0.0318. The Bertz CT molecular complexity index is 1750. The van der Waals surface area contributed by atoms with Gasteiger partial charge in [-0.15, -0.1) is 0 Å². The summed E-state index contributed by atoms with van der Waals surface area (Å²) in [6.07, 6.45) is -0.139. The third kappa shape index (κ3) is 5.38. The largest absolute Gasteiger partial charge is 0.472 e. The molecule has 0 radical (unpaired) electrons. The minimum Gasteiger partial charge on any atom is -0.472 e. The molecule has 3 aromatic heterocycles. The Kier molecular flexibility index (Phi) is 7.60. The molecule has 4 aliphatic heterocycles. The van der Waals surface area contributed by atoms with E-state index in [2.05, 4.69) is 37.0 Å². The fourth-order valence-corrected chi connectivity index (χ4v) is 8.07. The van der Waals surface area contributed by atoms with Crippen molar-refractivity contribution in [3.63, 3.8) is 0 Å². The van der Waals surface area contributed by atoms with Gasteiger partial charge in [-0.1, -0.05) is 6.92 Å². The molecule has 3 saturated heterocycles. The first-order chi connectivity index (χ1) is 22.9. The lowest BCUT2D eigenvalue weighted by Gasteiger charge is -2.42. The number of fused-ring (bicyclic) bond motifs is 3. The van der Waals surface area contributed by atoms with Gasteiger partial charge in [0.15, 0.2) is 5.82 Å². The Morgan fingerprint density at radius 2 is 1.96 bits per heavy atom. The van der Waals surface area contributed by atoms with E-state index in [9.17, 15) is 13.2 Å². The number of nitrogen functional groups attached to an aromatic ring is 1. The SMILES string of the molecule is CC[C@@H]1CN2c3nc(OCC4(CN5CC[C@H]6OCC[C@H]65)CC4)nc4c(F)c(-c5cc(N)nc(C)c5C(F)(F)F)nc(c34)O[C@@H](C)[C@@H]2CN1. The van der Waals surface area contributed by atoms with E-state index in [1.807, 2.05) is 6.92 Å². The number of hydrogen-bond acceptors (Lipinski definition) is 11. The molecular formula is C33H40F4N8O3. The zero-order chi connectivity index (χ0) is 33.5. The highest BCUT2D eigenvalue weighted by atomic mass is 19.4. The quantitative estimate of drug-likeness (QED) is 0.345. The third-order valence-corrected chi connectivity index (χ3v) is 10.9. The van der Waals surface area contributed by atoms with Crippen molar-refractivity contribution in [2.45, 2.75) is 89.4 Å². The predicted molar refractivity (Wildman–Crippen MR) is 169 cm³/mol. The molecule has 5 aliphatic rings. The van der Waals surface area contributed by atoms with E-state index in [1.54, 1.807) is 0 Å². The Balaban J connectivity index is 1.23. The molecule has 0 spiro atoms. The van der Waals surface area contributed by atoms with Crippen molar-refractivity contribution in [1.29, 1.82) is 0 Å². The number of ether oxygens (including phenoxy) is 3. The summed E-state index contributed by atoms with van der Waals surface area (Å²) in [6, 6.07) is 1.31. The van der Waals surface area contributed by atoms with Crippen molar-refractivity contribution in [1.82, 2.24) is 30.2 Å². The van der Waals surface area contributed by atoms with Gasteiger partial charge in [0.2, 0.25) is 5.88 Å². The van der Waals surface area contributed by atoms with Crippen LogP contribution in [0.5, 0.6) is 11.9 Å². The van der Waals surface area contributed by atoms with Crippen LogP contribution in [0.1, 0.15) is 57.2 Å². The first-order valence-electron chi connectivity index (χ1n) is 16.9. The smallest absolute Gasteiger partial charge is 0.418 e. The van der Waals surface area contributed by atoms with Crippen molar-refractivity contribution in [3.8, 4) is 23.1 Å². The number of aryl methyl sites for hydroxylation is 1. The van der Waals surface area contributed by atoms with Crippen LogP contribution in [0.15, 0.2) is 6.07 Å². The van der Waals surface area contributed by atoms with Crippen LogP contribution >= 0.6 is 0 Å². The zero-order valence-electron chi connectivity index (χ0n) is 27.2. The summed E-state index contributed by atoms with van der Waals surface area (Å²) in [4.78, 5) is 22.2. The Hall–Kier alpha value is -3.56. The van der Waals surface area contributed by atoms with Crippen LogP contribution in [0, 0.1) is 18.2 Å². The van der Waals surface area contributed by atoms with Gasteiger partial charge in [-0.25, -0.2) is 14.4 Å². The van der Waals surface area contributed by atoms with Gasteiger partial charge in [0.05, 0.1) is 30.0 Å². The van der Waals surface area contributed by atoms with Crippen LogP contribution in [0.2, 0.25) is 0 Å². The molecule has 5 atom stereocenters. The van der Waals surface area contributed by atoms with E-state index in [-0.39, 0.29) is 51.8 Å². The van der Waals surface area contributed by atoms with Crippen LogP contribution in [-0.2, 0) is 10.9 Å². The number of piperazine rings is 1. The maximum absolute atomic E-state index is 16.8. The Labute approximate surface area is 275 Å². The van der Waals surface area contributed by atoms with Crippen molar-refractivity contribution >= 4 is 22.5 Å². The minimum atomic E-state index is -4.85. The Morgan fingerprint density at radius 3 is 2.71 bits per heavy atom. The van der Waals surface area contributed by atoms with E-state index in [1.165, 1.54) is 6.92 Å². The van der Waals surface area contributed by atoms with E-state index >= 15 is 4.39 Å². The predicted octanol–water partition coefficient (Wildman–Crippen LogP) is 4.50. The van der Waals surface area contributed by atoms with Crippen LogP contribution in [0.25, 0.3) is 22.2 Å². The molecule has 1 saturated carbocycles. The van der Waals surface area contributed by atoms with Gasteiger partial charge in [0.1, 0.15) is 34.3 Å². The van der Waals surface area contributed by atoms with Crippen molar-refractivity contribution < 1.29 is 31.8 Å². The number of aromatic nitrogens is 4. The molecule has 11 nitrogen and oxygen atoms in total. The van der Waals surface area contributed by atoms with Crippen LogP contribution in [0.4, 0.5) is 29.2 Å². The van der Waals surface area contributed by atoms with Gasteiger partial charge >= 0.3 is 12.2 Å². The maximum atomic E-state index is 16.8. The van der Waals surface area contributed by atoms with E-state index in [0.717, 1.165) is 57.9 Å². The maximum Gasteiger partial charge on any atom is 0.418 e. The highest BCUT2D eigenvalue weighted by Crippen LogP contribution is 2.49. The summed E-state index contributed by atoms with van der Waals surface area (Å²) >= 11 is 0. The molecule has 258 valence electrons. The highest BCUT2D eigenvalue weighted by Gasteiger charge is 2.49. The molecule has 1 aliphatic carbocycles.